The van der Waals surface area contributed by atoms with Crippen LogP contribution in [-0.4, -0.2) is 33.0 Å². The van der Waals surface area contributed by atoms with Crippen molar-refractivity contribution in [1.29, 1.82) is 0 Å². The van der Waals surface area contributed by atoms with Crippen molar-refractivity contribution in [3.63, 3.8) is 0 Å². The maximum atomic E-state index is 11.9. The Bertz CT molecular complexity index is 448. The first-order valence-electron chi connectivity index (χ1n) is 7.08. The highest BCUT2D eigenvalue weighted by molar-refractivity contribution is 7.91. The van der Waals surface area contributed by atoms with Crippen LogP contribution in [-0.2, 0) is 16.3 Å². The lowest BCUT2D eigenvalue weighted by molar-refractivity contribution is 0.556. The molecule has 1 aliphatic carbocycles. The van der Waals surface area contributed by atoms with Crippen molar-refractivity contribution in [3.8, 4) is 0 Å². The predicted molar refractivity (Wildman–Crippen MR) is 81.5 cm³/mol. The van der Waals surface area contributed by atoms with Gasteiger partial charge in [0.15, 0.2) is 9.84 Å². The van der Waals surface area contributed by atoms with Gasteiger partial charge in [-0.3, -0.25) is 0 Å². The largest absolute Gasteiger partial charge is 0.315 e. The van der Waals surface area contributed by atoms with Crippen LogP contribution in [0.2, 0.25) is 0 Å². The van der Waals surface area contributed by atoms with Crippen molar-refractivity contribution >= 4 is 21.2 Å². The van der Waals surface area contributed by atoms with E-state index in [0.29, 0.717) is 18.2 Å². The summed E-state index contributed by atoms with van der Waals surface area (Å²) in [5.74, 6) is 1.11. The molecule has 19 heavy (non-hydrogen) atoms. The number of sulfone groups is 1. The first-order valence-corrected chi connectivity index (χ1v) is 9.84. The Kier molecular flexibility index (Phi) is 5.85. The third-order valence-electron chi connectivity index (χ3n) is 3.72. The molecular weight excluding hydrogens is 278 g/mol. The van der Waals surface area contributed by atoms with Gasteiger partial charge in [0.1, 0.15) is 0 Å². The van der Waals surface area contributed by atoms with Crippen LogP contribution in [0, 0.1) is 5.92 Å². The van der Waals surface area contributed by atoms with Crippen LogP contribution in [0.5, 0.6) is 0 Å². The monoisotopic (exact) mass is 301 g/mol. The summed E-state index contributed by atoms with van der Waals surface area (Å²) >= 11 is 1.70. The third kappa shape index (κ3) is 5.63. The highest BCUT2D eigenvalue weighted by atomic mass is 32.2. The van der Waals surface area contributed by atoms with Crippen molar-refractivity contribution in [1.82, 2.24) is 5.32 Å². The lowest BCUT2D eigenvalue weighted by Gasteiger charge is -2.10. The third-order valence-corrected chi connectivity index (χ3v) is 6.26. The highest BCUT2D eigenvalue weighted by Crippen LogP contribution is 2.25. The summed E-state index contributed by atoms with van der Waals surface area (Å²) in [7, 11) is -2.86. The maximum absolute atomic E-state index is 11.9. The first-order chi connectivity index (χ1) is 9.16. The number of thiophene rings is 1. The molecule has 0 amide bonds. The van der Waals surface area contributed by atoms with E-state index < -0.39 is 9.84 Å². The molecule has 1 saturated carbocycles. The predicted octanol–water partition coefficient (Wildman–Crippen LogP) is 2.49. The summed E-state index contributed by atoms with van der Waals surface area (Å²) in [5, 5.41) is 7.44. The smallest absolute Gasteiger partial charge is 0.151 e. The minimum Gasteiger partial charge on any atom is -0.315 e. The normalized spacial score (nSPS) is 17.1. The molecule has 0 radical (unpaired) electrons. The van der Waals surface area contributed by atoms with Gasteiger partial charge in [0.05, 0.1) is 11.5 Å². The summed E-state index contributed by atoms with van der Waals surface area (Å²) < 4.78 is 23.9. The summed E-state index contributed by atoms with van der Waals surface area (Å²) in [5.41, 5.74) is 1.33. The van der Waals surface area contributed by atoms with E-state index in [0.717, 1.165) is 25.8 Å². The topological polar surface area (TPSA) is 46.2 Å². The standard InChI is InChI=1S/C14H23NO2S2/c16-19(17,12-14-3-1-2-4-14)10-8-15-7-5-13-6-9-18-11-13/h6,9,11,14-15H,1-5,7-8,10,12H2. The Morgan fingerprint density at radius 2 is 2.05 bits per heavy atom. The van der Waals surface area contributed by atoms with Crippen LogP contribution in [0.1, 0.15) is 31.2 Å². The number of hydrogen-bond acceptors (Lipinski definition) is 4. The van der Waals surface area contributed by atoms with Gasteiger partial charge >= 0.3 is 0 Å². The van der Waals surface area contributed by atoms with E-state index in [1.165, 1.54) is 18.4 Å². The molecule has 1 fully saturated rings. The van der Waals surface area contributed by atoms with E-state index in [4.69, 9.17) is 0 Å². The maximum Gasteiger partial charge on any atom is 0.151 e. The van der Waals surface area contributed by atoms with Gasteiger partial charge in [0.2, 0.25) is 0 Å². The van der Waals surface area contributed by atoms with Gasteiger partial charge in [0.25, 0.3) is 0 Å². The molecule has 0 aliphatic heterocycles. The minimum absolute atomic E-state index is 0.285. The summed E-state index contributed by atoms with van der Waals surface area (Å²) in [6.45, 7) is 1.44. The Hall–Kier alpha value is -0.390. The fourth-order valence-corrected chi connectivity index (χ4v) is 5.02. The zero-order valence-corrected chi connectivity index (χ0v) is 12.9. The summed E-state index contributed by atoms with van der Waals surface area (Å²) in [6, 6.07) is 2.11. The van der Waals surface area contributed by atoms with E-state index in [-0.39, 0.29) is 5.75 Å². The van der Waals surface area contributed by atoms with Gasteiger partial charge < -0.3 is 5.32 Å². The molecule has 1 N–H and O–H groups in total. The molecule has 0 unspecified atom stereocenters. The van der Waals surface area contributed by atoms with Crippen LogP contribution in [0.15, 0.2) is 16.8 Å². The molecule has 1 heterocycles. The molecule has 0 saturated heterocycles. The Morgan fingerprint density at radius 1 is 1.26 bits per heavy atom. The molecule has 3 nitrogen and oxygen atoms in total. The van der Waals surface area contributed by atoms with Crippen molar-refractivity contribution in [2.45, 2.75) is 32.1 Å². The molecule has 2 rings (SSSR count). The van der Waals surface area contributed by atoms with Gasteiger partial charge in [-0.25, -0.2) is 8.42 Å². The van der Waals surface area contributed by atoms with E-state index in [1.807, 2.05) is 0 Å². The van der Waals surface area contributed by atoms with E-state index in [1.54, 1.807) is 11.3 Å². The SMILES string of the molecule is O=S(=O)(CCNCCc1ccsc1)CC1CCCC1. The molecule has 0 aromatic carbocycles. The molecule has 108 valence electrons. The molecule has 1 aliphatic rings. The Morgan fingerprint density at radius 3 is 2.74 bits per heavy atom. The van der Waals surface area contributed by atoms with Gasteiger partial charge in [0, 0.05) is 6.54 Å². The number of nitrogens with one attached hydrogen (secondary N) is 1. The second-order valence-electron chi connectivity index (χ2n) is 5.40. The van der Waals surface area contributed by atoms with Crippen molar-refractivity contribution in [2.24, 2.45) is 5.92 Å². The second kappa shape index (κ2) is 7.41. The van der Waals surface area contributed by atoms with Gasteiger partial charge in [-0.1, -0.05) is 12.8 Å². The molecule has 0 spiro atoms. The van der Waals surface area contributed by atoms with Crippen molar-refractivity contribution < 1.29 is 8.42 Å². The van der Waals surface area contributed by atoms with Gasteiger partial charge in [-0.2, -0.15) is 11.3 Å². The Balaban J connectivity index is 1.58. The molecule has 5 heteroatoms. The van der Waals surface area contributed by atoms with Crippen LogP contribution in [0.3, 0.4) is 0 Å². The minimum atomic E-state index is -2.86. The fourth-order valence-electron chi connectivity index (χ4n) is 2.64. The van der Waals surface area contributed by atoms with Crippen molar-refractivity contribution in [3.05, 3.63) is 22.4 Å². The van der Waals surface area contributed by atoms with Crippen molar-refractivity contribution in [2.75, 3.05) is 24.6 Å². The highest BCUT2D eigenvalue weighted by Gasteiger charge is 2.22. The van der Waals surface area contributed by atoms with E-state index in [9.17, 15) is 8.42 Å². The van der Waals surface area contributed by atoms with E-state index >= 15 is 0 Å². The lowest BCUT2D eigenvalue weighted by Crippen LogP contribution is -2.27. The summed E-state index contributed by atoms with van der Waals surface area (Å²) in [4.78, 5) is 0. The van der Waals surface area contributed by atoms with E-state index in [2.05, 4.69) is 22.1 Å². The van der Waals surface area contributed by atoms with Crippen LogP contribution in [0.4, 0.5) is 0 Å². The average Bonchev–Trinajstić information content (AvgIpc) is 3.00. The van der Waals surface area contributed by atoms with Crippen LogP contribution >= 0.6 is 11.3 Å². The molecule has 0 bridgehead atoms. The number of hydrogen-bond donors (Lipinski definition) is 1. The molecular formula is C14H23NO2S2. The van der Waals surface area contributed by atoms with Gasteiger partial charge in [-0.15, -0.1) is 0 Å². The summed E-state index contributed by atoms with van der Waals surface area (Å²) in [6.07, 6.45) is 5.60. The molecule has 1 aromatic heterocycles. The zero-order chi connectivity index (χ0) is 13.6. The fraction of sp³-hybridized carbons (Fsp3) is 0.714. The second-order valence-corrected chi connectivity index (χ2v) is 8.41. The van der Waals surface area contributed by atoms with Crippen LogP contribution in [0.25, 0.3) is 0 Å². The molecule has 1 aromatic rings. The Labute approximate surface area is 120 Å². The average molecular weight is 301 g/mol. The first kappa shape index (κ1) is 15.0. The van der Waals surface area contributed by atoms with Crippen LogP contribution < -0.4 is 5.32 Å². The zero-order valence-electron chi connectivity index (χ0n) is 11.3. The quantitative estimate of drug-likeness (QED) is 0.750. The lowest BCUT2D eigenvalue weighted by atomic mass is 10.1. The van der Waals surface area contributed by atoms with Gasteiger partial charge in [-0.05, 0) is 54.1 Å². The molecule has 0 atom stereocenters. The number of rotatable bonds is 8.